The second-order valence-electron chi connectivity index (χ2n) is 3.57. The van der Waals surface area contributed by atoms with Gasteiger partial charge in [-0.15, -0.1) is 0 Å². The maximum absolute atomic E-state index is 11.1. The van der Waals surface area contributed by atoms with E-state index in [0.717, 1.165) is 0 Å². The molecule has 4 heteroatoms. The van der Waals surface area contributed by atoms with Crippen molar-refractivity contribution in [3.05, 3.63) is 0 Å². The van der Waals surface area contributed by atoms with E-state index in [-0.39, 0.29) is 10.3 Å². The number of likely N-dealkylation sites (tertiary alicyclic amines) is 1. The lowest BCUT2D eigenvalue weighted by molar-refractivity contribution is -0.873. The number of carboxylic acid groups (broad SMARTS) is 1. The first-order chi connectivity index (χ1) is 6.10. The Kier molecular flexibility index (Phi) is 3.03. The van der Waals surface area contributed by atoms with Gasteiger partial charge in [0, 0.05) is 12.8 Å². The zero-order valence-electron chi connectivity index (χ0n) is 7.91. The van der Waals surface area contributed by atoms with Crippen LogP contribution in [-0.2, 0) is 4.79 Å². The number of amides is 1. The summed E-state index contributed by atoms with van der Waals surface area (Å²) in [4.78, 5) is 22.0. The molecule has 1 heterocycles. The van der Waals surface area contributed by atoms with Gasteiger partial charge < -0.3 is 9.90 Å². The second-order valence-corrected chi connectivity index (χ2v) is 3.57. The van der Waals surface area contributed by atoms with Gasteiger partial charge in [0.05, 0.1) is 26.1 Å². The lowest BCUT2D eigenvalue weighted by Gasteiger charge is -2.35. The number of carbonyl (C=O) groups is 2. The monoisotopic (exact) mass is 185 g/mol. The Morgan fingerprint density at radius 1 is 1.46 bits per heavy atom. The maximum Gasteiger partial charge on any atom is 0.257 e. The van der Waals surface area contributed by atoms with E-state index >= 15 is 0 Å². The third-order valence-corrected chi connectivity index (χ3v) is 2.85. The van der Waals surface area contributed by atoms with Crippen molar-refractivity contribution >= 4 is 11.9 Å². The molecule has 1 rings (SSSR count). The molecule has 0 bridgehead atoms. The third-order valence-electron chi connectivity index (χ3n) is 2.85. The Bertz CT molecular complexity index is 227. The quantitative estimate of drug-likeness (QED) is 0.537. The zero-order chi connectivity index (χ0) is 9.90. The Balaban J connectivity index is 2.75. The van der Waals surface area contributed by atoms with Crippen LogP contribution in [0.15, 0.2) is 0 Å². The van der Waals surface area contributed by atoms with Crippen LogP contribution in [0, 0.1) is 0 Å². The van der Waals surface area contributed by atoms with Crippen molar-refractivity contribution in [3.63, 3.8) is 0 Å². The topological polar surface area (TPSA) is 57.2 Å². The standard InChI is InChI=1S/C9H15NO3/c1-2-10(9(12)13)6-3-4-8(11)5-7-10/h2-7H2,1H3. The fourth-order valence-electron chi connectivity index (χ4n) is 1.78. The molecule has 0 saturated carbocycles. The highest BCUT2D eigenvalue weighted by Crippen LogP contribution is 2.15. The van der Waals surface area contributed by atoms with Crippen molar-refractivity contribution in [2.75, 3.05) is 19.6 Å². The molecule has 0 N–H and O–H groups in total. The van der Waals surface area contributed by atoms with Crippen LogP contribution in [0.4, 0.5) is 4.79 Å². The molecule has 1 aliphatic rings. The van der Waals surface area contributed by atoms with Crippen molar-refractivity contribution in [2.45, 2.75) is 26.2 Å². The minimum Gasteiger partial charge on any atom is -0.498 e. The molecule has 0 aromatic rings. The Morgan fingerprint density at radius 2 is 2.15 bits per heavy atom. The van der Waals surface area contributed by atoms with Gasteiger partial charge in [0.25, 0.3) is 6.09 Å². The number of Topliss-reactive ketones (excluding diaryl/α,β-unsaturated/α-hetero) is 1. The first-order valence-corrected chi connectivity index (χ1v) is 4.70. The van der Waals surface area contributed by atoms with E-state index in [1.54, 1.807) is 0 Å². The van der Waals surface area contributed by atoms with Crippen molar-refractivity contribution in [1.82, 2.24) is 0 Å². The van der Waals surface area contributed by atoms with E-state index in [4.69, 9.17) is 0 Å². The minimum absolute atomic E-state index is 0.0499. The van der Waals surface area contributed by atoms with Gasteiger partial charge >= 0.3 is 0 Å². The van der Waals surface area contributed by atoms with Gasteiger partial charge in [0.2, 0.25) is 0 Å². The molecule has 0 spiro atoms. The predicted octanol–water partition coefficient (Wildman–Crippen LogP) is -0.0806. The minimum atomic E-state index is -1.04. The van der Waals surface area contributed by atoms with E-state index < -0.39 is 6.09 Å². The molecule has 0 aromatic heterocycles. The Labute approximate surface area is 77.7 Å². The van der Waals surface area contributed by atoms with E-state index in [9.17, 15) is 14.7 Å². The van der Waals surface area contributed by atoms with Gasteiger partial charge in [0.15, 0.2) is 0 Å². The van der Waals surface area contributed by atoms with Gasteiger partial charge in [0.1, 0.15) is 5.78 Å². The molecule has 74 valence electrons. The van der Waals surface area contributed by atoms with E-state index in [1.165, 1.54) is 0 Å². The second kappa shape index (κ2) is 3.87. The molecular weight excluding hydrogens is 170 g/mol. The van der Waals surface area contributed by atoms with Crippen LogP contribution in [0.2, 0.25) is 0 Å². The lowest BCUT2D eigenvalue weighted by Crippen LogP contribution is -2.59. The van der Waals surface area contributed by atoms with Gasteiger partial charge in [-0.2, -0.15) is 0 Å². The normalized spacial score (nSPS) is 29.8. The number of rotatable bonds is 1. The number of hydrogen-bond donors (Lipinski definition) is 0. The van der Waals surface area contributed by atoms with Crippen molar-refractivity contribution in [3.8, 4) is 0 Å². The Hall–Kier alpha value is -0.900. The molecule has 1 saturated heterocycles. The summed E-state index contributed by atoms with van der Waals surface area (Å²) in [6, 6.07) is 0. The third kappa shape index (κ3) is 2.06. The summed E-state index contributed by atoms with van der Waals surface area (Å²) in [5, 5.41) is 10.9. The maximum atomic E-state index is 11.1. The van der Waals surface area contributed by atoms with Gasteiger partial charge in [-0.25, -0.2) is 0 Å². The van der Waals surface area contributed by atoms with Crippen LogP contribution in [0.1, 0.15) is 26.2 Å². The van der Waals surface area contributed by atoms with Gasteiger partial charge in [-0.05, 0) is 6.92 Å². The van der Waals surface area contributed by atoms with Crippen LogP contribution in [0.3, 0.4) is 0 Å². The molecule has 1 aliphatic heterocycles. The average Bonchev–Trinajstić information content (AvgIpc) is 2.28. The van der Waals surface area contributed by atoms with Crippen molar-refractivity contribution in [1.29, 1.82) is 0 Å². The molecule has 1 atom stereocenters. The van der Waals surface area contributed by atoms with Crippen LogP contribution in [0.5, 0.6) is 0 Å². The first-order valence-electron chi connectivity index (χ1n) is 4.70. The number of ketones is 1. The van der Waals surface area contributed by atoms with Crippen molar-refractivity contribution < 1.29 is 19.2 Å². The van der Waals surface area contributed by atoms with Crippen LogP contribution < -0.4 is 5.11 Å². The predicted molar refractivity (Wildman–Crippen MR) is 44.8 cm³/mol. The smallest absolute Gasteiger partial charge is 0.257 e. The first kappa shape index (κ1) is 10.2. The summed E-state index contributed by atoms with van der Waals surface area (Å²) in [7, 11) is 0. The summed E-state index contributed by atoms with van der Waals surface area (Å²) in [6.45, 7) is 3.27. The van der Waals surface area contributed by atoms with E-state index in [0.29, 0.717) is 38.9 Å². The van der Waals surface area contributed by atoms with Gasteiger partial charge in [-0.1, -0.05) is 0 Å². The fourth-order valence-corrected chi connectivity index (χ4v) is 1.78. The largest absolute Gasteiger partial charge is 0.498 e. The van der Waals surface area contributed by atoms with E-state index in [1.807, 2.05) is 6.92 Å². The highest BCUT2D eigenvalue weighted by Gasteiger charge is 2.31. The number of nitrogens with zero attached hydrogens (tertiary/aromatic N) is 1. The number of hydrogen-bond acceptors (Lipinski definition) is 3. The van der Waals surface area contributed by atoms with E-state index in [2.05, 4.69) is 0 Å². The molecule has 0 aromatic carbocycles. The van der Waals surface area contributed by atoms with Crippen molar-refractivity contribution in [2.24, 2.45) is 0 Å². The molecule has 0 aliphatic carbocycles. The Morgan fingerprint density at radius 3 is 2.69 bits per heavy atom. The molecule has 1 amide bonds. The van der Waals surface area contributed by atoms with Gasteiger partial charge in [-0.3, -0.25) is 9.28 Å². The van der Waals surface area contributed by atoms with Crippen LogP contribution >= 0.6 is 0 Å². The highest BCUT2D eigenvalue weighted by atomic mass is 16.4. The summed E-state index contributed by atoms with van der Waals surface area (Å²) in [5.74, 6) is 0.176. The summed E-state index contributed by atoms with van der Waals surface area (Å²) < 4.78 is -0.0499. The molecule has 1 fully saturated rings. The summed E-state index contributed by atoms with van der Waals surface area (Å²) >= 11 is 0. The molecule has 13 heavy (non-hydrogen) atoms. The molecule has 0 radical (unpaired) electrons. The lowest BCUT2D eigenvalue weighted by atomic mass is 10.2. The molecule has 1 unspecified atom stereocenters. The van der Waals surface area contributed by atoms with Crippen LogP contribution in [-0.4, -0.2) is 36.0 Å². The molecular formula is C9H15NO3. The SMILES string of the molecule is CC[N+]1(C(=O)[O-])CCCC(=O)CC1. The van der Waals surface area contributed by atoms with Crippen LogP contribution in [0.25, 0.3) is 0 Å². The average molecular weight is 185 g/mol. The number of quaternary nitrogens is 1. The fraction of sp³-hybridized carbons (Fsp3) is 0.778. The summed E-state index contributed by atoms with van der Waals surface area (Å²) in [6.07, 6.45) is 0.521. The number of carbonyl (C=O) groups excluding carboxylic acids is 2. The molecule has 4 nitrogen and oxygen atoms in total. The highest BCUT2D eigenvalue weighted by molar-refractivity contribution is 5.78. The summed E-state index contributed by atoms with van der Waals surface area (Å²) in [5.41, 5.74) is 0. The zero-order valence-corrected chi connectivity index (χ0v) is 7.91.